The Balaban J connectivity index is 1.94. The third-order valence-electron chi connectivity index (χ3n) is 5.24. The SMILES string of the molecule is CCOc1ccc(-n2c(=O)/c(=C\c3ccc(Cl)cc3)s/c2=C(/C#N)C(=O)N2CCOCC2)cc1. The summed E-state index contributed by atoms with van der Waals surface area (Å²) in [7, 11) is 0. The van der Waals surface area contributed by atoms with E-state index >= 15 is 0 Å². The van der Waals surface area contributed by atoms with Crippen molar-refractivity contribution >= 4 is 40.5 Å². The van der Waals surface area contributed by atoms with Gasteiger partial charge in [-0.1, -0.05) is 23.7 Å². The van der Waals surface area contributed by atoms with Crippen LogP contribution in [0.25, 0.3) is 17.3 Å². The molecular formula is C25H22ClN3O4S. The van der Waals surface area contributed by atoms with Gasteiger partial charge in [0.25, 0.3) is 11.5 Å². The first-order valence-corrected chi connectivity index (χ1v) is 11.9. The van der Waals surface area contributed by atoms with Crippen LogP contribution in [0.1, 0.15) is 12.5 Å². The Bertz CT molecular complexity index is 1400. The van der Waals surface area contributed by atoms with Crippen LogP contribution in [-0.2, 0) is 9.53 Å². The molecule has 1 amide bonds. The van der Waals surface area contributed by atoms with E-state index in [2.05, 4.69) is 0 Å². The molecule has 1 aliphatic heterocycles. The molecule has 0 spiro atoms. The zero-order valence-corrected chi connectivity index (χ0v) is 20.1. The highest BCUT2D eigenvalue weighted by molar-refractivity contribution is 7.07. The number of hydrogen-bond donors (Lipinski definition) is 0. The van der Waals surface area contributed by atoms with E-state index in [9.17, 15) is 14.9 Å². The van der Waals surface area contributed by atoms with Gasteiger partial charge in [0.1, 0.15) is 16.5 Å². The molecule has 0 bridgehead atoms. The average molecular weight is 496 g/mol. The van der Waals surface area contributed by atoms with Crippen molar-refractivity contribution in [1.29, 1.82) is 5.26 Å². The summed E-state index contributed by atoms with van der Waals surface area (Å²) in [6.07, 6.45) is 1.73. The summed E-state index contributed by atoms with van der Waals surface area (Å²) in [5.74, 6) is 0.252. The number of benzene rings is 2. The Morgan fingerprint density at radius 2 is 1.85 bits per heavy atom. The predicted octanol–water partition coefficient (Wildman–Crippen LogP) is 2.31. The predicted molar refractivity (Wildman–Crippen MR) is 132 cm³/mol. The lowest BCUT2D eigenvalue weighted by atomic mass is 10.2. The lowest BCUT2D eigenvalue weighted by molar-refractivity contribution is -0.128. The van der Waals surface area contributed by atoms with Crippen LogP contribution in [0.3, 0.4) is 0 Å². The maximum Gasteiger partial charge on any atom is 0.273 e. The molecule has 4 rings (SSSR count). The number of ether oxygens (including phenoxy) is 2. The number of halogens is 1. The Kier molecular flexibility index (Phi) is 7.48. The summed E-state index contributed by atoms with van der Waals surface area (Å²) in [6, 6.07) is 16.1. The summed E-state index contributed by atoms with van der Waals surface area (Å²) in [4.78, 5) is 28.3. The van der Waals surface area contributed by atoms with Gasteiger partial charge in [-0.05, 0) is 55.0 Å². The van der Waals surface area contributed by atoms with Crippen LogP contribution in [0.4, 0.5) is 0 Å². The number of carbonyl (C=O) groups excluding carboxylic acids is 1. The van der Waals surface area contributed by atoms with E-state index in [1.54, 1.807) is 59.5 Å². The topological polar surface area (TPSA) is 84.6 Å². The van der Waals surface area contributed by atoms with Gasteiger partial charge in [0.15, 0.2) is 5.57 Å². The number of thiazole rings is 1. The van der Waals surface area contributed by atoms with Gasteiger partial charge in [-0.3, -0.25) is 14.2 Å². The minimum absolute atomic E-state index is 0.0753. The van der Waals surface area contributed by atoms with Gasteiger partial charge in [0, 0.05) is 18.1 Å². The summed E-state index contributed by atoms with van der Waals surface area (Å²) in [5.41, 5.74) is 0.930. The zero-order valence-electron chi connectivity index (χ0n) is 18.5. The fraction of sp³-hybridized carbons (Fsp3) is 0.240. The average Bonchev–Trinajstić information content (AvgIpc) is 3.17. The van der Waals surface area contributed by atoms with Gasteiger partial charge in [-0.25, -0.2) is 0 Å². The number of carbonyl (C=O) groups is 1. The number of nitrogens with zero attached hydrogens (tertiary/aromatic N) is 3. The Labute approximate surface area is 205 Å². The number of nitriles is 1. The standard InChI is InChI=1S/C25H22ClN3O4S/c1-2-33-20-9-7-19(8-10-20)29-24(31)22(15-17-3-5-18(26)6-4-17)34-25(29)21(16-27)23(30)28-11-13-32-14-12-28/h3-10,15H,2,11-14H2,1H3/b22-15+,25-21-. The number of hydrogen-bond acceptors (Lipinski definition) is 6. The molecule has 1 aliphatic rings. The van der Waals surface area contributed by atoms with E-state index in [0.717, 1.165) is 16.9 Å². The first-order chi connectivity index (χ1) is 16.5. The lowest BCUT2D eigenvalue weighted by Gasteiger charge is -2.26. The first kappa shape index (κ1) is 23.8. The monoisotopic (exact) mass is 495 g/mol. The molecule has 0 aliphatic carbocycles. The molecule has 0 unspecified atom stereocenters. The molecule has 2 heterocycles. The number of amides is 1. The van der Waals surface area contributed by atoms with E-state index in [1.807, 2.05) is 13.0 Å². The Hall–Kier alpha value is -3.38. The van der Waals surface area contributed by atoms with Crippen LogP contribution in [0, 0.1) is 11.3 Å². The largest absolute Gasteiger partial charge is 0.494 e. The van der Waals surface area contributed by atoms with Gasteiger partial charge in [-0.15, -0.1) is 11.3 Å². The molecule has 2 aromatic carbocycles. The van der Waals surface area contributed by atoms with Crippen molar-refractivity contribution in [2.45, 2.75) is 6.92 Å². The Morgan fingerprint density at radius 3 is 2.47 bits per heavy atom. The van der Waals surface area contributed by atoms with Crippen molar-refractivity contribution in [3.05, 3.63) is 78.7 Å². The van der Waals surface area contributed by atoms with Crippen molar-refractivity contribution in [3.63, 3.8) is 0 Å². The summed E-state index contributed by atoms with van der Waals surface area (Å²) in [5, 5.41) is 10.6. The molecule has 3 aromatic rings. The van der Waals surface area contributed by atoms with Crippen LogP contribution < -0.4 is 19.5 Å². The highest BCUT2D eigenvalue weighted by Crippen LogP contribution is 2.15. The van der Waals surface area contributed by atoms with Gasteiger partial charge < -0.3 is 14.4 Å². The van der Waals surface area contributed by atoms with Crippen LogP contribution in [0.2, 0.25) is 5.02 Å². The van der Waals surface area contributed by atoms with E-state index in [-0.39, 0.29) is 15.8 Å². The molecule has 1 saturated heterocycles. The van der Waals surface area contributed by atoms with Crippen LogP contribution in [0.15, 0.2) is 53.3 Å². The second-order valence-electron chi connectivity index (χ2n) is 7.43. The van der Waals surface area contributed by atoms with Crippen LogP contribution >= 0.6 is 22.9 Å². The Morgan fingerprint density at radius 1 is 1.18 bits per heavy atom. The third kappa shape index (κ3) is 5.07. The van der Waals surface area contributed by atoms with Crippen molar-refractivity contribution < 1.29 is 14.3 Å². The van der Waals surface area contributed by atoms with Crippen molar-refractivity contribution in [1.82, 2.24) is 9.47 Å². The minimum Gasteiger partial charge on any atom is -0.494 e. The van der Waals surface area contributed by atoms with Gasteiger partial charge >= 0.3 is 0 Å². The number of morpholine rings is 1. The fourth-order valence-corrected chi connectivity index (χ4v) is 4.79. The van der Waals surface area contributed by atoms with Crippen LogP contribution in [0.5, 0.6) is 5.75 Å². The number of rotatable bonds is 5. The molecule has 0 N–H and O–H groups in total. The maximum atomic E-state index is 13.5. The first-order valence-electron chi connectivity index (χ1n) is 10.8. The molecule has 9 heteroatoms. The summed E-state index contributed by atoms with van der Waals surface area (Å²) >= 11 is 7.09. The molecule has 174 valence electrons. The van der Waals surface area contributed by atoms with E-state index < -0.39 is 5.91 Å². The zero-order chi connectivity index (χ0) is 24.1. The van der Waals surface area contributed by atoms with E-state index in [0.29, 0.717) is 53.9 Å². The molecule has 0 saturated carbocycles. The van der Waals surface area contributed by atoms with Gasteiger partial charge in [-0.2, -0.15) is 5.26 Å². The minimum atomic E-state index is -0.412. The maximum absolute atomic E-state index is 13.5. The fourth-order valence-electron chi connectivity index (χ4n) is 3.56. The highest BCUT2D eigenvalue weighted by atomic mass is 35.5. The normalized spacial score (nSPS) is 15.1. The second-order valence-corrected chi connectivity index (χ2v) is 8.89. The van der Waals surface area contributed by atoms with Crippen LogP contribution in [-0.4, -0.2) is 48.3 Å². The van der Waals surface area contributed by atoms with E-state index in [1.165, 1.54) is 4.57 Å². The lowest BCUT2D eigenvalue weighted by Crippen LogP contribution is -2.42. The quantitative estimate of drug-likeness (QED) is 0.542. The van der Waals surface area contributed by atoms with Crippen molar-refractivity contribution in [2.24, 2.45) is 0 Å². The van der Waals surface area contributed by atoms with Gasteiger partial charge in [0.2, 0.25) is 0 Å². The molecular weight excluding hydrogens is 474 g/mol. The summed E-state index contributed by atoms with van der Waals surface area (Å²) < 4.78 is 12.9. The van der Waals surface area contributed by atoms with E-state index in [4.69, 9.17) is 21.1 Å². The molecule has 7 nitrogen and oxygen atoms in total. The van der Waals surface area contributed by atoms with Crippen molar-refractivity contribution in [2.75, 3.05) is 32.9 Å². The second kappa shape index (κ2) is 10.7. The molecule has 34 heavy (non-hydrogen) atoms. The highest BCUT2D eigenvalue weighted by Gasteiger charge is 2.24. The van der Waals surface area contributed by atoms with Crippen molar-refractivity contribution in [3.8, 4) is 17.5 Å². The smallest absolute Gasteiger partial charge is 0.273 e. The molecule has 0 atom stereocenters. The summed E-state index contributed by atoms with van der Waals surface area (Å²) in [6.45, 7) is 4.02. The number of aromatic nitrogens is 1. The van der Waals surface area contributed by atoms with Gasteiger partial charge in [0.05, 0.1) is 30.0 Å². The molecule has 1 fully saturated rings. The molecule has 0 radical (unpaired) electrons. The molecule has 1 aromatic heterocycles. The third-order valence-corrected chi connectivity index (χ3v) is 6.58.